The lowest BCUT2D eigenvalue weighted by atomic mass is 10.1. The average molecular weight is 333 g/mol. The number of urea groups is 1. The Kier molecular flexibility index (Phi) is 4.77. The number of rotatable bonds is 4. The van der Waals surface area contributed by atoms with Crippen molar-refractivity contribution in [2.75, 3.05) is 31.8 Å². The summed E-state index contributed by atoms with van der Waals surface area (Å²) in [5.41, 5.74) is 1.04. The summed E-state index contributed by atoms with van der Waals surface area (Å²) in [6, 6.07) is 5.99. The first kappa shape index (κ1) is 16.4. The summed E-state index contributed by atoms with van der Waals surface area (Å²) in [4.78, 5) is 36.5. The molecule has 2 saturated heterocycles. The Balaban J connectivity index is 1.65. The number of anilines is 1. The van der Waals surface area contributed by atoms with Gasteiger partial charge in [-0.05, 0) is 30.7 Å². The SMILES string of the molecule is CO[C@@H]1COCC[C@H]1NC(=O)c1ccc(N2CC(=O)NC2=O)cc1. The first-order valence-corrected chi connectivity index (χ1v) is 7.71. The summed E-state index contributed by atoms with van der Waals surface area (Å²) < 4.78 is 10.7. The predicted molar refractivity (Wildman–Crippen MR) is 84.8 cm³/mol. The number of amides is 4. The van der Waals surface area contributed by atoms with E-state index in [1.54, 1.807) is 31.4 Å². The highest BCUT2D eigenvalue weighted by molar-refractivity contribution is 6.12. The van der Waals surface area contributed by atoms with Crippen molar-refractivity contribution in [3.8, 4) is 0 Å². The third-order valence-corrected chi connectivity index (χ3v) is 4.16. The van der Waals surface area contributed by atoms with Crippen LogP contribution in [0.1, 0.15) is 16.8 Å². The maximum atomic E-state index is 12.4. The quantitative estimate of drug-likeness (QED) is 0.771. The molecule has 2 atom stereocenters. The molecule has 0 spiro atoms. The molecule has 2 aliphatic heterocycles. The normalized spacial score (nSPS) is 24.0. The molecule has 24 heavy (non-hydrogen) atoms. The number of carbonyl (C=O) groups excluding carboxylic acids is 3. The van der Waals surface area contributed by atoms with Crippen molar-refractivity contribution in [2.24, 2.45) is 0 Å². The van der Waals surface area contributed by atoms with E-state index in [9.17, 15) is 14.4 Å². The Morgan fingerprint density at radius 1 is 1.33 bits per heavy atom. The average Bonchev–Trinajstić information content (AvgIpc) is 2.94. The van der Waals surface area contributed by atoms with Crippen molar-refractivity contribution in [3.05, 3.63) is 29.8 Å². The smallest absolute Gasteiger partial charge is 0.329 e. The second-order valence-electron chi connectivity index (χ2n) is 5.70. The van der Waals surface area contributed by atoms with E-state index in [2.05, 4.69) is 10.6 Å². The molecule has 4 amide bonds. The summed E-state index contributed by atoms with van der Waals surface area (Å²) in [5, 5.41) is 5.16. The fourth-order valence-corrected chi connectivity index (χ4v) is 2.80. The maximum Gasteiger partial charge on any atom is 0.329 e. The summed E-state index contributed by atoms with van der Waals surface area (Å²) in [7, 11) is 1.59. The van der Waals surface area contributed by atoms with Crippen LogP contribution in [0.5, 0.6) is 0 Å². The van der Waals surface area contributed by atoms with Gasteiger partial charge in [-0.2, -0.15) is 0 Å². The molecule has 8 nitrogen and oxygen atoms in total. The Bertz CT molecular complexity index is 646. The van der Waals surface area contributed by atoms with Crippen LogP contribution in [0, 0.1) is 0 Å². The van der Waals surface area contributed by atoms with E-state index in [0.717, 1.165) is 0 Å². The molecule has 1 aromatic rings. The number of nitrogens with one attached hydrogen (secondary N) is 2. The van der Waals surface area contributed by atoms with Gasteiger partial charge in [0.15, 0.2) is 0 Å². The van der Waals surface area contributed by atoms with Crippen molar-refractivity contribution in [2.45, 2.75) is 18.6 Å². The maximum absolute atomic E-state index is 12.4. The molecule has 2 aliphatic rings. The summed E-state index contributed by atoms with van der Waals surface area (Å²) >= 11 is 0. The fraction of sp³-hybridized carbons (Fsp3) is 0.438. The topological polar surface area (TPSA) is 97.0 Å². The number of nitrogens with zero attached hydrogens (tertiary/aromatic N) is 1. The summed E-state index contributed by atoms with van der Waals surface area (Å²) in [6.45, 7) is 1.03. The number of imide groups is 1. The molecule has 2 fully saturated rings. The van der Waals surface area contributed by atoms with E-state index in [0.29, 0.717) is 30.9 Å². The predicted octanol–water partition coefficient (Wildman–Crippen LogP) is 0.276. The van der Waals surface area contributed by atoms with Gasteiger partial charge in [0.25, 0.3) is 5.91 Å². The lowest BCUT2D eigenvalue weighted by Crippen LogP contribution is -2.49. The molecule has 2 N–H and O–H groups in total. The van der Waals surface area contributed by atoms with E-state index in [-0.39, 0.29) is 30.5 Å². The highest BCUT2D eigenvalue weighted by Crippen LogP contribution is 2.18. The Hall–Kier alpha value is -2.45. The van der Waals surface area contributed by atoms with E-state index >= 15 is 0 Å². The molecule has 0 unspecified atom stereocenters. The van der Waals surface area contributed by atoms with Crippen LogP contribution >= 0.6 is 0 Å². The van der Waals surface area contributed by atoms with Gasteiger partial charge in [0.1, 0.15) is 12.6 Å². The Morgan fingerprint density at radius 2 is 2.08 bits per heavy atom. The van der Waals surface area contributed by atoms with E-state index in [4.69, 9.17) is 9.47 Å². The Labute approximate surface area is 139 Å². The van der Waals surface area contributed by atoms with Crippen LogP contribution in [0.15, 0.2) is 24.3 Å². The number of hydrogen-bond acceptors (Lipinski definition) is 5. The first-order chi connectivity index (χ1) is 11.6. The van der Waals surface area contributed by atoms with Gasteiger partial charge < -0.3 is 14.8 Å². The number of ether oxygens (including phenoxy) is 2. The molecule has 0 bridgehead atoms. The minimum absolute atomic E-state index is 0.0119. The lowest BCUT2D eigenvalue weighted by molar-refractivity contribution is -0.117. The van der Waals surface area contributed by atoms with E-state index < -0.39 is 6.03 Å². The van der Waals surface area contributed by atoms with Crippen LogP contribution in [0.2, 0.25) is 0 Å². The molecule has 0 aromatic heterocycles. The van der Waals surface area contributed by atoms with E-state index in [1.165, 1.54) is 4.90 Å². The minimum Gasteiger partial charge on any atom is -0.379 e. The third-order valence-electron chi connectivity index (χ3n) is 4.16. The van der Waals surface area contributed by atoms with Crippen LogP contribution in [0.4, 0.5) is 10.5 Å². The minimum atomic E-state index is -0.456. The fourth-order valence-electron chi connectivity index (χ4n) is 2.80. The molecular weight excluding hydrogens is 314 g/mol. The number of hydrogen-bond donors (Lipinski definition) is 2. The standard InChI is InChI=1S/C16H19N3O5/c1-23-13-9-24-7-6-12(13)17-15(21)10-2-4-11(5-3-10)19-8-14(20)18-16(19)22/h2-5,12-13H,6-9H2,1H3,(H,17,21)(H,18,20,22)/t12-,13-/m1/s1. The van der Waals surface area contributed by atoms with Gasteiger partial charge in [-0.1, -0.05) is 0 Å². The summed E-state index contributed by atoms with van der Waals surface area (Å²) in [5.74, 6) is -0.551. The zero-order chi connectivity index (χ0) is 17.1. The van der Waals surface area contributed by atoms with Crippen LogP contribution in [-0.4, -0.2) is 56.9 Å². The molecule has 0 aliphatic carbocycles. The molecule has 0 saturated carbocycles. The monoisotopic (exact) mass is 333 g/mol. The zero-order valence-corrected chi connectivity index (χ0v) is 13.3. The van der Waals surface area contributed by atoms with Crippen molar-refractivity contribution >= 4 is 23.5 Å². The zero-order valence-electron chi connectivity index (χ0n) is 13.3. The lowest BCUT2D eigenvalue weighted by Gasteiger charge is -2.31. The third kappa shape index (κ3) is 3.39. The van der Waals surface area contributed by atoms with Crippen LogP contribution in [-0.2, 0) is 14.3 Å². The second-order valence-corrected chi connectivity index (χ2v) is 5.70. The Morgan fingerprint density at radius 3 is 2.71 bits per heavy atom. The second kappa shape index (κ2) is 6.98. The number of methoxy groups -OCH3 is 1. The van der Waals surface area contributed by atoms with Gasteiger partial charge in [-0.15, -0.1) is 0 Å². The van der Waals surface area contributed by atoms with Gasteiger partial charge in [-0.3, -0.25) is 19.8 Å². The first-order valence-electron chi connectivity index (χ1n) is 7.71. The number of carbonyl (C=O) groups is 3. The van der Waals surface area contributed by atoms with E-state index in [1.807, 2.05) is 0 Å². The molecule has 8 heteroatoms. The molecule has 1 aromatic carbocycles. The largest absolute Gasteiger partial charge is 0.379 e. The summed E-state index contributed by atoms with van der Waals surface area (Å²) in [6.07, 6.45) is 0.527. The van der Waals surface area contributed by atoms with Crippen molar-refractivity contribution in [1.82, 2.24) is 10.6 Å². The molecule has 3 rings (SSSR count). The van der Waals surface area contributed by atoms with Crippen molar-refractivity contribution < 1.29 is 23.9 Å². The van der Waals surface area contributed by atoms with Gasteiger partial charge in [0, 0.05) is 25.0 Å². The molecular formula is C16H19N3O5. The highest BCUT2D eigenvalue weighted by Gasteiger charge is 2.29. The molecule has 2 heterocycles. The number of benzene rings is 1. The van der Waals surface area contributed by atoms with Crippen LogP contribution < -0.4 is 15.5 Å². The molecule has 0 radical (unpaired) electrons. The van der Waals surface area contributed by atoms with Crippen LogP contribution in [0.3, 0.4) is 0 Å². The van der Waals surface area contributed by atoms with Gasteiger partial charge in [-0.25, -0.2) is 4.79 Å². The van der Waals surface area contributed by atoms with Gasteiger partial charge in [0.2, 0.25) is 5.91 Å². The highest BCUT2D eigenvalue weighted by atomic mass is 16.5. The van der Waals surface area contributed by atoms with Crippen LogP contribution in [0.25, 0.3) is 0 Å². The van der Waals surface area contributed by atoms with Gasteiger partial charge in [0.05, 0.1) is 12.6 Å². The molecule has 128 valence electrons. The van der Waals surface area contributed by atoms with Crippen molar-refractivity contribution in [1.29, 1.82) is 0 Å². The van der Waals surface area contributed by atoms with Crippen molar-refractivity contribution in [3.63, 3.8) is 0 Å². The van der Waals surface area contributed by atoms with Gasteiger partial charge >= 0.3 is 6.03 Å².